The Morgan fingerprint density at radius 1 is 1.31 bits per heavy atom. The maximum atomic E-state index is 13.3. The molecule has 7 nitrogen and oxygen atoms in total. The molecule has 2 N–H and O–H groups in total. The number of aliphatic hydroxyl groups is 1. The molecule has 0 radical (unpaired) electrons. The number of hydrogen-bond donors (Lipinski definition) is 2. The maximum Gasteiger partial charge on any atom is 0.337 e. The van der Waals surface area contributed by atoms with Crippen LogP contribution in [0.2, 0.25) is 5.02 Å². The number of nitrogens with zero attached hydrogens (tertiary/aromatic N) is 1. The topological polar surface area (TPSA) is 88.1 Å². The van der Waals surface area contributed by atoms with E-state index in [4.69, 9.17) is 26.2 Å². The van der Waals surface area contributed by atoms with Crippen LogP contribution in [-0.4, -0.2) is 48.7 Å². The number of β-amino-alcohol motifs (C(OH)–C–C–N with tert-alkyl or cyclic N) is 1. The highest BCUT2D eigenvalue weighted by Gasteiger charge is 2.34. The molecule has 0 aromatic heterocycles. The number of halogens is 2. The van der Waals surface area contributed by atoms with E-state index < -0.39 is 17.7 Å². The summed E-state index contributed by atoms with van der Waals surface area (Å²) in [6, 6.07) is 10.3. The normalized spacial score (nSPS) is 13.7. The van der Waals surface area contributed by atoms with Gasteiger partial charge in [-0.25, -0.2) is 9.18 Å². The quantitative estimate of drug-likeness (QED) is 0.670. The Labute approximate surface area is 171 Å². The average molecular weight is 421 g/mol. The van der Waals surface area contributed by atoms with Crippen molar-refractivity contribution < 1.29 is 28.6 Å². The van der Waals surface area contributed by atoms with Crippen LogP contribution >= 0.6 is 11.6 Å². The second-order valence-electron chi connectivity index (χ2n) is 6.13. The number of carbonyl (C=O) groups is 2. The molecule has 0 spiro atoms. The fourth-order valence-electron chi connectivity index (χ4n) is 2.81. The highest BCUT2D eigenvalue weighted by atomic mass is 35.5. The third-order valence-electron chi connectivity index (χ3n) is 4.18. The molecule has 0 saturated heterocycles. The van der Waals surface area contributed by atoms with Crippen LogP contribution in [0.1, 0.15) is 0 Å². The predicted molar refractivity (Wildman–Crippen MR) is 104 cm³/mol. The summed E-state index contributed by atoms with van der Waals surface area (Å²) in [6.45, 7) is -0.111. The number of esters is 1. The summed E-state index contributed by atoms with van der Waals surface area (Å²) in [7, 11) is 1.22. The summed E-state index contributed by atoms with van der Waals surface area (Å²) >= 11 is 6.25. The van der Waals surface area contributed by atoms with Crippen molar-refractivity contribution in [2.45, 2.75) is 0 Å². The molecule has 0 fully saturated rings. The molecule has 2 aromatic rings. The number of aliphatic hydroxyl groups excluding tert-OH is 1. The van der Waals surface area contributed by atoms with Gasteiger partial charge in [-0.2, -0.15) is 0 Å². The van der Waals surface area contributed by atoms with Gasteiger partial charge < -0.3 is 24.8 Å². The van der Waals surface area contributed by atoms with Crippen LogP contribution in [0.4, 0.5) is 10.1 Å². The van der Waals surface area contributed by atoms with Crippen LogP contribution in [0, 0.1) is 5.82 Å². The van der Waals surface area contributed by atoms with Gasteiger partial charge in [0.05, 0.1) is 30.9 Å². The van der Waals surface area contributed by atoms with Gasteiger partial charge in [0.1, 0.15) is 23.0 Å². The summed E-state index contributed by atoms with van der Waals surface area (Å²) in [5.74, 6) is -0.931. The van der Waals surface area contributed by atoms with Crippen LogP contribution in [0.15, 0.2) is 53.7 Å². The molecule has 0 unspecified atom stereocenters. The number of benzene rings is 2. The van der Waals surface area contributed by atoms with Gasteiger partial charge in [0.2, 0.25) is 0 Å². The summed E-state index contributed by atoms with van der Waals surface area (Å²) in [5.41, 5.74) is 0.652. The first-order valence-electron chi connectivity index (χ1n) is 8.64. The average Bonchev–Trinajstić information content (AvgIpc) is 3.00. The predicted octanol–water partition coefficient (Wildman–Crippen LogP) is 2.94. The molecular weight excluding hydrogens is 403 g/mol. The number of anilines is 1. The number of nitrogens with one attached hydrogen (secondary N) is 1. The van der Waals surface area contributed by atoms with Crippen molar-refractivity contribution in [3.05, 3.63) is 64.6 Å². The molecule has 29 heavy (non-hydrogen) atoms. The van der Waals surface area contributed by atoms with E-state index in [0.29, 0.717) is 11.4 Å². The lowest BCUT2D eigenvalue weighted by molar-refractivity contribution is -0.136. The molecule has 1 heterocycles. The van der Waals surface area contributed by atoms with Crippen molar-refractivity contribution >= 4 is 29.2 Å². The van der Waals surface area contributed by atoms with E-state index in [1.54, 1.807) is 18.2 Å². The van der Waals surface area contributed by atoms with Crippen molar-refractivity contribution in [3.63, 3.8) is 0 Å². The smallest absolute Gasteiger partial charge is 0.337 e. The zero-order chi connectivity index (χ0) is 21.0. The fraction of sp³-hybridized carbons (Fsp3) is 0.200. The van der Waals surface area contributed by atoms with Gasteiger partial charge in [-0.3, -0.25) is 4.79 Å². The van der Waals surface area contributed by atoms with Crippen LogP contribution in [0.3, 0.4) is 0 Å². The van der Waals surface area contributed by atoms with Crippen molar-refractivity contribution in [3.8, 4) is 11.5 Å². The van der Waals surface area contributed by atoms with E-state index in [0.717, 1.165) is 0 Å². The summed E-state index contributed by atoms with van der Waals surface area (Å²) < 4.78 is 23.6. The molecular formula is C20H18ClFN2O5. The molecule has 152 valence electrons. The van der Waals surface area contributed by atoms with Crippen LogP contribution in [-0.2, 0) is 14.3 Å². The Morgan fingerprint density at radius 2 is 2.10 bits per heavy atom. The van der Waals surface area contributed by atoms with E-state index in [9.17, 15) is 14.0 Å². The van der Waals surface area contributed by atoms with Crippen LogP contribution in [0.5, 0.6) is 11.5 Å². The minimum absolute atomic E-state index is 0.0307. The molecule has 0 aliphatic carbocycles. The minimum atomic E-state index is -0.640. The van der Waals surface area contributed by atoms with Gasteiger partial charge in [-0.1, -0.05) is 17.7 Å². The third kappa shape index (κ3) is 4.67. The first-order chi connectivity index (χ1) is 13.9. The Balaban J connectivity index is 1.82. The van der Waals surface area contributed by atoms with E-state index in [2.05, 4.69) is 5.32 Å². The lowest BCUT2D eigenvalue weighted by atomic mass is 10.2. The molecule has 3 rings (SSSR count). The van der Waals surface area contributed by atoms with Gasteiger partial charge in [0, 0.05) is 18.3 Å². The summed E-state index contributed by atoms with van der Waals surface area (Å²) in [5, 5.41) is 12.2. The summed E-state index contributed by atoms with van der Waals surface area (Å²) in [4.78, 5) is 25.9. The first kappa shape index (κ1) is 20.6. The SMILES string of the molecule is COC(=O)C1=C(Nc2ccc(Oc3cccc(F)c3)c(Cl)c2)C(=O)N(CCO)C1. The second kappa shape index (κ2) is 8.93. The highest BCUT2D eigenvalue weighted by molar-refractivity contribution is 6.32. The van der Waals surface area contributed by atoms with Crippen molar-refractivity contribution in [1.29, 1.82) is 0 Å². The van der Waals surface area contributed by atoms with Crippen molar-refractivity contribution in [2.24, 2.45) is 0 Å². The minimum Gasteiger partial charge on any atom is -0.466 e. The lowest BCUT2D eigenvalue weighted by Crippen LogP contribution is -2.31. The molecule has 0 saturated carbocycles. The van der Waals surface area contributed by atoms with Gasteiger partial charge in [0.25, 0.3) is 5.91 Å². The molecule has 1 aliphatic rings. The van der Waals surface area contributed by atoms with E-state index in [-0.39, 0.29) is 41.7 Å². The lowest BCUT2D eigenvalue weighted by Gasteiger charge is -2.15. The van der Waals surface area contributed by atoms with E-state index >= 15 is 0 Å². The zero-order valence-corrected chi connectivity index (χ0v) is 16.2. The van der Waals surface area contributed by atoms with Gasteiger partial charge in [0.15, 0.2) is 0 Å². The number of amides is 1. The molecule has 1 aliphatic heterocycles. The monoisotopic (exact) mass is 420 g/mol. The maximum absolute atomic E-state index is 13.3. The van der Waals surface area contributed by atoms with Crippen LogP contribution < -0.4 is 10.1 Å². The van der Waals surface area contributed by atoms with Gasteiger partial charge >= 0.3 is 5.97 Å². The first-order valence-corrected chi connectivity index (χ1v) is 9.02. The molecule has 2 aromatic carbocycles. The molecule has 9 heteroatoms. The number of carbonyl (C=O) groups excluding carboxylic acids is 2. The van der Waals surface area contributed by atoms with Crippen molar-refractivity contribution in [2.75, 3.05) is 32.1 Å². The van der Waals surface area contributed by atoms with E-state index in [1.165, 1.54) is 36.3 Å². The summed E-state index contributed by atoms with van der Waals surface area (Å²) in [6.07, 6.45) is 0. The fourth-order valence-corrected chi connectivity index (χ4v) is 3.03. The Bertz CT molecular complexity index is 979. The Morgan fingerprint density at radius 3 is 2.76 bits per heavy atom. The molecule has 1 amide bonds. The van der Waals surface area contributed by atoms with E-state index in [1.807, 2.05) is 0 Å². The second-order valence-corrected chi connectivity index (χ2v) is 6.53. The number of methoxy groups -OCH3 is 1. The molecule has 0 bridgehead atoms. The zero-order valence-electron chi connectivity index (χ0n) is 15.4. The van der Waals surface area contributed by atoms with Crippen molar-refractivity contribution in [1.82, 2.24) is 4.90 Å². The third-order valence-corrected chi connectivity index (χ3v) is 4.47. The highest BCUT2D eigenvalue weighted by Crippen LogP contribution is 2.33. The Hall–Kier alpha value is -3.10. The standard InChI is InChI=1S/C20H18ClFN2O5/c1-28-20(27)15-11-24(7-8-25)19(26)18(15)23-13-5-6-17(16(21)10-13)29-14-4-2-3-12(22)9-14/h2-6,9-10,23,25H,7-8,11H2,1H3. The molecule has 0 atom stereocenters. The Kier molecular flexibility index (Phi) is 6.36. The number of ether oxygens (including phenoxy) is 2. The van der Waals surface area contributed by atoms with Gasteiger partial charge in [-0.15, -0.1) is 0 Å². The van der Waals surface area contributed by atoms with Gasteiger partial charge in [-0.05, 0) is 30.3 Å². The number of rotatable bonds is 7. The largest absolute Gasteiger partial charge is 0.466 e. The number of hydrogen-bond acceptors (Lipinski definition) is 6. The van der Waals surface area contributed by atoms with Crippen LogP contribution in [0.25, 0.3) is 0 Å².